The number of amides is 2. The number of hydrogen-bond donors (Lipinski definition) is 1. The smallest absolute Gasteiger partial charge is 0.439 e. The molecule has 2 amide bonds. The number of aromatic nitrogens is 1. The fraction of sp³-hybridized carbons (Fsp3) is 0.571. The van der Waals surface area contributed by atoms with Gasteiger partial charge >= 0.3 is 12.1 Å². The minimum atomic E-state index is -6.12. The van der Waals surface area contributed by atoms with Crippen LogP contribution in [0.3, 0.4) is 0 Å². The molecule has 2 atom stereocenters. The molecule has 2 aliphatic carbocycles. The maximum absolute atomic E-state index is 14.5. The summed E-state index contributed by atoms with van der Waals surface area (Å²) < 4.78 is 128. The number of oxazole rings is 1. The Morgan fingerprint density at radius 1 is 1.04 bits per heavy atom. The molecule has 250 valence electrons. The Morgan fingerprint density at radius 2 is 1.65 bits per heavy atom. The highest BCUT2D eigenvalue weighted by Crippen LogP contribution is 2.51. The molecule has 18 heteroatoms. The predicted octanol–water partition coefficient (Wildman–Crippen LogP) is 4.40. The van der Waals surface area contributed by atoms with E-state index in [0.29, 0.717) is 0 Å². The fourth-order valence-electron chi connectivity index (χ4n) is 5.66. The normalized spacial score (nSPS) is 23.4. The third-order valence-corrected chi connectivity index (χ3v) is 9.81. The van der Waals surface area contributed by atoms with Crippen molar-refractivity contribution in [2.24, 2.45) is 5.92 Å². The number of piperazine rings is 1. The van der Waals surface area contributed by atoms with E-state index in [9.17, 15) is 54.0 Å². The Labute approximate surface area is 258 Å². The molecule has 2 saturated carbocycles. The summed E-state index contributed by atoms with van der Waals surface area (Å²) in [6, 6.07) is 6.80. The molecule has 3 fully saturated rings. The molecule has 1 aliphatic heterocycles. The monoisotopic (exact) mass is 679 g/mol. The van der Waals surface area contributed by atoms with Crippen LogP contribution in [0.2, 0.25) is 0 Å². The zero-order chi connectivity index (χ0) is 33.9. The summed E-state index contributed by atoms with van der Waals surface area (Å²) in [5.41, 5.74) is -1.82. The molecule has 1 aromatic heterocycles. The van der Waals surface area contributed by atoms with Crippen LogP contribution in [0.1, 0.15) is 60.0 Å². The summed E-state index contributed by atoms with van der Waals surface area (Å²) in [5, 5.41) is 11.8. The average Bonchev–Trinajstić information content (AvgIpc) is 3.61. The van der Waals surface area contributed by atoms with E-state index in [1.165, 1.54) is 33.5 Å². The standard InChI is InChI=1S/C28H28F7N5O5S/c1-46(43,44)40-12-10-39(11-13-40)23(42)17-4-2-16(3-5-17)20-21(45-24(37-20)27(31,32)28(33,34)35)18-6-7-26(29,30)14-19(18)22(41)38-25(15-36)8-9-25/h2-5,18-19H,6-14H2,1H3,(H,38,41). The van der Waals surface area contributed by atoms with Gasteiger partial charge < -0.3 is 14.6 Å². The first-order valence-corrected chi connectivity index (χ1v) is 16.0. The van der Waals surface area contributed by atoms with Gasteiger partial charge in [0.2, 0.25) is 21.9 Å². The van der Waals surface area contributed by atoms with Crippen molar-refractivity contribution in [1.82, 2.24) is 19.5 Å². The molecule has 3 aliphatic rings. The minimum Gasteiger partial charge on any atom is -0.439 e. The lowest BCUT2D eigenvalue weighted by molar-refractivity contribution is -0.297. The van der Waals surface area contributed by atoms with Crippen molar-refractivity contribution in [3.8, 4) is 17.3 Å². The van der Waals surface area contributed by atoms with Gasteiger partial charge in [-0.05, 0) is 31.4 Å². The molecule has 0 spiro atoms. The van der Waals surface area contributed by atoms with Crippen molar-refractivity contribution in [1.29, 1.82) is 5.26 Å². The Bertz CT molecular complexity index is 1660. The van der Waals surface area contributed by atoms with Gasteiger partial charge in [0, 0.05) is 56.1 Å². The summed E-state index contributed by atoms with van der Waals surface area (Å²) in [4.78, 5) is 31.1. The van der Waals surface area contributed by atoms with Gasteiger partial charge in [0.15, 0.2) is 0 Å². The number of carbonyl (C=O) groups excluding carboxylic acids is 2. The molecule has 1 aromatic carbocycles. The number of halogens is 7. The van der Waals surface area contributed by atoms with E-state index in [-0.39, 0.29) is 50.1 Å². The number of nitriles is 1. The Kier molecular flexibility index (Phi) is 8.42. The Morgan fingerprint density at radius 3 is 2.17 bits per heavy atom. The minimum absolute atomic E-state index is 0.0613. The van der Waals surface area contributed by atoms with E-state index in [0.717, 1.165) is 6.26 Å². The molecule has 2 aromatic rings. The van der Waals surface area contributed by atoms with Crippen LogP contribution in [-0.4, -0.2) is 84.5 Å². The molecule has 0 radical (unpaired) electrons. The van der Waals surface area contributed by atoms with E-state index in [4.69, 9.17) is 4.42 Å². The third-order valence-electron chi connectivity index (χ3n) is 8.50. The van der Waals surface area contributed by atoms with Gasteiger partial charge in [-0.2, -0.15) is 31.5 Å². The molecular weight excluding hydrogens is 651 g/mol. The molecule has 2 unspecified atom stereocenters. The highest BCUT2D eigenvalue weighted by atomic mass is 32.2. The van der Waals surface area contributed by atoms with Crippen LogP contribution in [0, 0.1) is 17.2 Å². The van der Waals surface area contributed by atoms with Crippen LogP contribution in [-0.2, 0) is 20.7 Å². The number of sulfonamides is 1. The van der Waals surface area contributed by atoms with E-state index in [1.54, 1.807) is 0 Å². The number of nitrogens with zero attached hydrogens (tertiary/aromatic N) is 4. The second-order valence-corrected chi connectivity index (χ2v) is 13.8. The second-order valence-electron chi connectivity index (χ2n) is 11.8. The first-order chi connectivity index (χ1) is 21.3. The van der Waals surface area contributed by atoms with E-state index in [1.807, 2.05) is 6.07 Å². The zero-order valence-electron chi connectivity index (χ0n) is 24.2. The molecule has 1 saturated heterocycles. The second kappa shape index (κ2) is 11.5. The molecule has 46 heavy (non-hydrogen) atoms. The van der Waals surface area contributed by atoms with Gasteiger partial charge in [0.25, 0.3) is 11.8 Å². The van der Waals surface area contributed by atoms with E-state index >= 15 is 0 Å². The summed E-state index contributed by atoms with van der Waals surface area (Å²) in [6.45, 7) is 0.289. The van der Waals surface area contributed by atoms with Gasteiger partial charge in [-0.1, -0.05) is 12.1 Å². The predicted molar refractivity (Wildman–Crippen MR) is 145 cm³/mol. The summed E-state index contributed by atoms with van der Waals surface area (Å²) in [6.07, 6.45) is -6.98. The van der Waals surface area contributed by atoms with Gasteiger partial charge in [-0.3, -0.25) is 9.59 Å². The molecule has 10 nitrogen and oxygen atoms in total. The summed E-state index contributed by atoms with van der Waals surface area (Å²) >= 11 is 0. The van der Waals surface area contributed by atoms with Crippen molar-refractivity contribution in [3.05, 3.63) is 41.5 Å². The van der Waals surface area contributed by atoms with Gasteiger partial charge in [-0.25, -0.2) is 22.2 Å². The van der Waals surface area contributed by atoms with Gasteiger partial charge in [-0.15, -0.1) is 0 Å². The van der Waals surface area contributed by atoms with E-state index < -0.39 is 93.8 Å². The lowest BCUT2D eigenvalue weighted by atomic mass is 9.74. The molecule has 1 N–H and O–H groups in total. The molecular formula is C28H28F7N5O5S. The van der Waals surface area contributed by atoms with Crippen molar-refractivity contribution >= 4 is 21.8 Å². The average molecular weight is 680 g/mol. The number of benzene rings is 1. The summed E-state index contributed by atoms with van der Waals surface area (Å²) in [5.74, 6) is -16.2. The first kappa shape index (κ1) is 33.6. The van der Waals surface area contributed by atoms with Crippen LogP contribution < -0.4 is 5.32 Å². The van der Waals surface area contributed by atoms with Crippen LogP contribution in [0.25, 0.3) is 11.3 Å². The van der Waals surface area contributed by atoms with E-state index in [2.05, 4.69) is 10.3 Å². The fourth-order valence-corrected chi connectivity index (χ4v) is 6.49. The number of rotatable bonds is 7. The Hall–Kier alpha value is -3.72. The Balaban J connectivity index is 1.49. The SMILES string of the molecule is CS(=O)(=O)N1CCN(C(=O)c2ccc(-c3nc(C(F)(F)C(F)(F)F)oc3C3CCC(F)(F)CC3C(=O)NC3(C#N)CC3)cc2)CC1. The van der Waals surface area contributed by atoms with Crippen molar-refractivity contribution in [2.45, 2.75) is 61.6 Å². The first-order valence-electron chi connectivity index (χ1n) is 14.2. The lowest BCUT2D eigenvalue weighted by Gasteiger charge is -2.34. The number of nitrogens with one attached hydrogen (secondary N) is 1. The molecule has 2 heterocycles. The number of alkyl halides is 7. The maximum atomic E-state index is 14.5. The topological polar surface area (TPSA) is 137 Å². The van der Waals surface area contributed by atoms with Gasteiger partial charge in [0.1, 0.15) is 17.0 Å². The van der Waals surface area contributed by atoms with Crippen molar-refractivity contribution in [3.63, 3.8) is 0 Å². The lowest BCUT2D eigenvalue weighted by Crippen LogP contribution is -2.50. The number of hydrogen-bond acceptors (Lipinski definition) is 7. The number of carbonyl (C=O) groups is 2. The van der Waals surface area contributed by atoms with Crippen LogP contribution in [0.5, 0.6) is 0 Å². The quantitative estimate of drug-likeness (QED) is 0.429. The summed E-state index contributed by atoms with van der Waals surface area (Å²) in [7, 11) is -3.46. The molecule has 0 bridgehead atoms. The highest BCUT2D eigenvalue weighted by molar-refractivity contribution is 7.88. The van der Waals surface area contributed by atoms with Crippen molar-refractivity contribution in [2.75, 3.05) is 32.4 Å². The molecule has 5 rings (SSSR count). The van der Waals surface area contributed by atoms with Crippen LogP contribution in [0.15, 0.2) is 28.7 Å². The van der Waals surface area contributed by atoms with Crippen LogP contribution >= 0.6 is 0 Å². The third kappa shape index (κ3) is 6.57. The van der Waals surface area contributed by atoms with Gasteiger partial charge in [0.05, 0.1) is 18.2 Å². The van der Waals surface area contributed by atoms with Crippen molar-refractivity contribution < 1.29 is 53.2 Å². The van der Waals surface area contributed by atoms with Crippen LogP contribution in [0.4, 0.5) is 30.7 Å². The maximum Gasteiger partial charge on any atom is 0.463 e. The zero-order valence-corrected chi connectivity index (χ0v) is 25.0. The largest absolute Gasteiger partial charge is 0.463 e. The highest BCUT2D eigenvalue weighted by Gasteiger charge is 2.63.